The summed E-state index contributed by atoms with van der Waals surface area (Å²) in [5, 5.41) is 5.92. The standard InChI is InChI=1S/C20H18N4O2S2/c1-14-3-7-16(8-4-14)19-18(24-11-12-27-20(24)22-19)13-21-23-28(25,26)17-9-5-15(2)6-10-17/h3-13,23H,1-2H3. The Kier molecular flexibility index (Phi) is 4.74. The first-order chi connectivity index (χ1) is 13.4. The van der Waals surface area contributed by atoms with Crippen LogP contribution in [0.5, 0.6) is 0 Å². The lowest BCUT2D eigenvalue weighted by Gasteiger charge is -2.04. The highest BCUT2D eigenvalue weighted by atomic mass is 32.2. The van der Waals surface area contributed by atoms with E-state index in [0.29, 0.717) is 5.69 Å². The fraction of sp³-hybridized carbons (Fsp3) is 0.100. The van der Waals surface area contributed by atoms with Gasteiger partial charge < -0.3 is 0 Å². The molecule has 0 atom stereocenters. The summed E-state index contributed by atoms with van der Waals surface area (Å²) in [6.45, 7) is 3.93. The second-order valence-corrected chi connectivity index (χ2v) is 8.97. The molecule has 142 valence electrons. The predicted molar refractivity (Wildman–Crippen MR) is 112 cm³/mol. The Labute approximate surface area is 167 Å². The van der Waals surface area contributed by atoms with E-state index in [0.717, 1.165) is 27.3 Å². The molecular formula is C20H18N4O2S2. The largest absolute Gasteiger partial charge is 0.289 e. The van der Waals surface area contributed by atoms with Gasteiger partial charge >= 0.3 is 0 Å². The minimum absolute atomic E-state index is 0.169. The van der Waals surface area contributed by atoms with Crippen LogP contribution in [0, 0.1) is 13.8 Å². The first-order valence-corrected chi connectivity index (χ1v) is 10.9. The number of aryl methyl sites for hydroxylation is 2. The van der Waals surface area contributed by atoms with Crippen molar-refractivity contribution in [3.05, 3.63) is 76.9 Å². The van der Waals surface area contributed by atoms with Crippen LogP contribution in [0.3, 0.4) is 0 Å². The second-order valence-electron chi connectivity index (χ2n) is 6.43. The molecule has 8 heteroatoms. The van der Waals surface area contributed by atoms with E-state index >= 15 is 0 Å². The van der Waals surface area contributed by atoms with E-state index in [4.69, 9.17) is 0 Å². The summed E-state index contributed by atoms with van der Waals surface area (Å²) in [5.74, 6) is 0. The zero-order valence-electron chi connectivity index (χ0n) is 15.3. The lowest BCUT2D eigenvalue weighted by atomic mass is 10.1. The summed E-state index contributed by atoms with van der Waals surface area (Å²) in [5.41, 5.74) is 4.57. The Balaban J connectivity index is 1.67. The Bertz CT molecular complexity index is 1250. The first-order valence-electron chi connectivity index (χ1n) is 8.58. The number of hydrogen-bond donors (Lipinski definition) is 1. The third kappa shape index (κ3) is 3.56. The van der Waals surface area contributed by atoms with Crippen molar-refractivity contribution in [2.75, 3.05) is 0 Å². The molecule has 28 heavy (non-hydrogen) atoms. The topological polar surface area (TPSA) is 75.8 Å². The fourth-order valence-corrected chi connectivity index (χ4v) is 4.29. The Hall–Kier alpha value is -2.97. The van der Waals surface area contributed by atoms with Crippen molar-refractivity contribution < 1.29 is 8.42 Å². The molecule has 0 aliphatic rings. The molecule has 0 radical (unpaired) electrons. The molecule has 0 aliphatic heterocycles. The molecule has 1 N–H and O–H groups in total. The molecule has 2 heterocycles. The predicted octanol–water partition coefficient (Wildman–Crippen LogP) is 3.99. The summed E-state index contributed by atoms with van der Waals surface area (Å²) < 4.78 is 26.8. The SMILES string of the molecule is Cc1ccc(-c2nc3sccn3c2C=NNS(=O)(=O)c2ccc(C)cc2)cc1. The molecule has 0 fully saturated rings. The van der Waals surface area contributed by atoms with E-state index in [2.05, 4.69) is 14.9 Å². The van der Waals surface area contributed by atoms with Gasteiger partial charge in [-0.3, -0.25) is 4.40 Å². The quantitative estimate of drug-likeness (QED) is 0.399. The molecule has 2 aromatic carbocycles. The van der Waals surface area contributed by atoms with E-state index in [9.17, 15) is 8.42 Å². The second kappa shape index (κ2) is 7.21. The number of nitrogens with zero attached hydrogens (tertiary/aromatic N) is 3. The van der Waals surface area contributed by atoms with E-state index in [1.165, 1.54) is 17.6 Å². The Morgan fingerprint density at radius 3 is 2.36 bits per heavy atom. The zero-order chi connectivity index (χ0) is 19.7. The van der Waals surface area contributed by atoms with Crippen LogP contribution in [0.2, 0.25) is 0 Å². The van der Waals surface area contributed by atoms with Gasteiger partial charge in [0.25, 0.3) is 10.0 Å². The minimum Gasteiger partial charge on any atom is -0.289 e. The van der Waals surface area contributed by atoms with Crippen molar-refractivity contribution in [2.24, 2.45) is 5.10 Å². The fourth-order valence-electron chi connectivity index (χ4n) is 2.78. The Morgan fingerprint density at radius 2 is 1.68 bits per heavy atom. The minimum atomic E-state index is -3.73. The van der Waals surface area contributed by atoms with Gasteiger partial charge in [-0.25, -0.2) is 9.82 Å². The maximum absolute atomic E-state index is 12.4. The molecule has 0 saturated carbocycles. The van der Waals surface area contributed by atoms with Crippen LogP contribution in [-0.4, -0.2) is 24.0 Å². The van der Waals surface area contributed by atoms with Crippen molar-refractivity contribution in [3.63, 3.8) is 0 Å². The third-order valence-corrected chi connectivity index (χ3v) is 6.31. The summed E-state index contributed by atoms with van der Waals surface area (Å²) >= 11 is 1.51. The highest BCUT2D eigenvalue weighted by Gasteiger charge is 2.15. The molecule has 6 nitrogen and oxygen atoms in total. The van der Waals surface area contributed by atoms with E-state index in [-0.39, 0.29) is 4.90 Å². The van der Waals surface area contributed by atoms with Gasteiger partial charge in [0, 0.05) is 17.1 Å². The summed E-state index contributed by atoms with van der Waals surface area (Å²) in [4.78, 5) is 7.94. The average molecular weight is 411 g/mol. The van der Waals surface area contributed by atoms with Crippen LogP contribution in [0.15, 0.2) is 70.1 Å². The molecule has 0 saturated heterocycles. The van der Waals surface area contributed by atoms with Crippen LogP contribution >= 0.6 is 11.3 Å². The number of hydrazone groups is 1. The van der Waals surface area contributed by atoms with E-state index in [1.54, 1.807) is 24.3 Å². The number of thiazole rings is 1. The van der Waals surface area contributed by atoms with Crippen molar-refractivity contribution in [3.8, 4) is 11.3 Å². The summed E-state index contributed by atoms with van der Waals surface area (Å²) in [6, 6.07) is 14.6. The van der Waals surface area contributed by atoms with Gasteiger partial charge in [0.2, 0.25) is 0 Å². The number of fused-ring (bicyclic) bond motifs is 1. The highest BCUT2D eigenvalue weighted by molar-refractivity contribution is 7.89. The molecule has 0 bridgehead atoms. The normalized spacial score (nSPS) is 12.1. The summed E-state index contributed by atoms with van der Waals surface area (Å²) in [6.07, 6.45) is 3.38. The molecule has 0 spiro atoms. The number of sulfonamides is 1. The van der Waals surface area contributed by atoms with Crippen LogP contribution in [0.25, 0.3) is 16.2 Å². The van der Waals surface area contributed by atoms with Crippen LogP contribution in [0.1, 0.15) is 16.8 Å². The van der Waals surface area contributed by atoms with Gasteiger partial charge in [0.05, 0.1) is 22.5 Å². The Morgan fingerprint density at radius 1 is 1.04 bits per heavy atom. The van der Waals surface area contributed by atoms with Gasteiger partial charge in [0.1, 0.15) is 0 Å². The van der Waals surface area contributed by atoms with Gasteiger partial charge in [-0.2, -0.15) is 13.5 Å². The van der Waals surface area contributed by atoms with Crippen molar-refractivity contribution in [2.45, 2.75) is 18.7 Å². The van der Waals surface area contributed by atoms with E-state index < -0.39 is 10.0 Å². The highest BCUT2D eigenvalue weighted by Crippen LogP contribution is 2.26. The van der Waals surface area contributed by atoms with Crippen LogP contribution in [0.4, 0.5) is 0 Å². The molecule has 0 unspecified atom stereocenters. The van der Waals surface area contributed by atoms with Gasteiger partial charge in [-0.05, 0) is 26.0 Å². The number of nitrogens with one attached hydrogen (secondary N) is 1. The lowest BCUT2D eigenvalue weighted by Crippen LogP contribution is -2.18. The summed E-state index contributed by atoms with van der Waals surface area (Å²) in [7, 11) is -3.73. The molecule has 4 aromatic rings. The monoisotopic (exact) mass is 410 g/mol. The molecule has 0 aliphatic carbocycles. The molecule has 2 aromatic heterocycles. The van der Waals surface area contributed by atoms with Crippen molar-refractivity contribution in [1.82, 2.24) is 14.2 Å². The van der Waals surface area contributed by atoms with Gasteiger partial charge in [0.15, 0.2) is 4.96 Å². The smallest absolute Gasteiger partial charge is 0.276 e. The maximum atomic E-state index is 12.4. The number of rotatable bonds is 5. The number of hydrogen-bond acceptors (Lipinski definition) is 5. The molecular weight excluding hydrogens is 392 g/mol. The van der Waals surface area contributed by atoms with Crippen molar-refractivity contribution >= 4 is 32.5 Å². The van der Waals surface area contributed by atoms with Crippen LogP contribution in [-0.2, 0) is 10.0 Å². The number of benzene rings is 2. The van der Waals surface area contributed by atoms with Gasteiger partial charge in [-0.1, -0.05) is 47.5 Å². The average Bonchev–Trinajstić information content (AvgIpc) is 3.25. The number of imidazole rings is 1. The molecule has 4 rings (SSSR count). The lowest BCUT2D eigenvalue weighted by molar-refractivity contribution is 0.584. The third-order valence-electron chi connectivity index (χ3n) is 4.32. The van der Waals surface area contributed by atoms with Crippen LogP contribution < -0.4 is 4.83 Å². The van der Waals surface area contributed by atoms with Crippen molar-refractivity contribution in [1.29, 1.82) is 0 Å². The molecule has 0 amide bonds. The number of aromatic nitrogens is 2. The first kappa shape index (κ1) is 18.4. The van der Waals surface area contributed by atoms with Gasteiger partial charge in [-0.15, -0.1) is 11.3 Å². The maximum Gasteiger partial charge on any atom is 0.276 e. The zero-order valence-corrected chi connectivity index (χ0v) is 17.0. The van der Waals surface area contributed by atoms with E-state index in [1.807, 2.05) is 54.1 Å².